The van der Waals surface area contributed by atoms with Crippen LogP contribution in [-0.4, -0.2) is 54.8 Å². The third-order valence-electron chi connectivity index (χ3n) is 6.98. The first kappa shape index (κ1) is 26.2. The number of benzene rings is 2. The van der Waals surface area contributed by atoms with Crippen molar-refractivity contribution in [1.82, 2.24) is 9.80 Å². The summed E-state index contributed by atoms with van der Waals surface area (Å²) in [5.74, 6) is 0.811. The zero-order valence-corrected chi connectivity index (χ0v) is 22.4. The second-order valence-corrected chi connectivity index (χ2v) is 10.9. The van der Waals surface area contributed by atoms with Gasteiger partial charge in [-0.05, 0) is 54.2 Å². The van der Waals surface area contributed by atoms with Crippen LogP contribution in [0.25, 0.3) is 6.08 Å². The van der Waals surface area contributed by atoms with Gasteiger partial charge in [0.15, 0.2) is 0 Å². The van der Waals surface area contributed by atoms with E-state index in [9.17, 15) is 0 Å². The van der Waals surface area contributed by atoms with Crippen LogP contribution in [0.3, 0.4) is 0 Å². The van der Waals surface area contributed by atoms with Crippen molar-refractivity contribution in [3.05, 3.63) is 75.3 Å². The van der Waals surface area contributed by atoms with E-state index in [0.717, 1.165) is 69.8 Å². The van der Waals surface area contributed by atoms with Crippen LogP contribution in [0.2, 0.25) is 10.0 Å². The van der Waals surface area contributed by atoms with Gasteiger partial charge in [-0.15, -0.1) is 0 Å². The van der Waals surface area contributed by atoms with E-state index >= 15 is 0 Å². The van der Waals surface area contributed by atoms with Crippen molar-refractivity contribution in [3.63, 3.8) is 0 Å². The molecule has 6 heteroatoms. The van der Waals surface area contributed by atoms with Gasteiger partial charge >= 0.3 is 0 Å². The molecule has 1 saturated heterocycles. The Morgan fingerprint density at radius 1 is 1.06 bits per heavy atom. The second-order valence-electron chi connectivity index (χ2n) is 10.1. The Morgan fingerprint density at radius 3 is 2.54 bits per heavy atom. The lowest BCUT2D eigenvalue weighted by Gasteiger charge is -2.35. The Kier molecular flexibility index (Phi) is 9.67. The molecule has 0 aromatic heterocycles. The molecule has 2 aliphatic rings. The van der Waals surface area contributed by atoms with Crippen molar-refractivity contribution in [2.75, 3.05) is 39.3 Å². The van der Waals surface area contributed by atoms with Gasteiger partial charge in [0.05, 0.1) is 5.71 Å². The summed E-state index contributed by atoms with van der Waals surface area (Å²) in [6, 6.07) is 16.4. The Labute approximate surface area is 220 Å². The van der Waals surface area contributed by atoms with E-state index in [1.54, 1.807) is 6.07 Å². The summed E-state index contributed by atoms with van der Waals surface area (Å²) in [7, 11) is 0. The summed E-state index contributed by atoms with van der Waals surface area (Å²) < 4.78 is 0. The van der Waals surface area contributed by atoms with Crippen molar-refractivity contribution in [1.29, 1.82) is 0 Å². The van der Waals surface area contributed by atoms with E-state index < -0.39 is 0 Å². The first-order valence-electron chi connectivity index (χ1n) is 12.8. The van der Waals surface area contributed by atoms with Gasteiger partial charge in [-0.2, -0.15) is 0 Å². The molecule has 4 rings (SSSR count). The SMILES string of the molecule is CC(CON=C1/C(=C/c2ccc(Cl)cc2Cl)CCCC1C)CN1CCN(Cc2ccccc2)CC1. The fourth-order valence-corrected chi connectivity index (χ4v) is 5.44. The number of hydrogen-bond donors (Lipinski definition) is 0. The molecule has 0 bridgehead atoms. The highest BCUT2D eigenvalue weighted by Crippen LogP contribution is 2.30. The molecule has 0 N–H and O–H groups in total. The summed E-state index contributed by atoms with van der Waals surface area (Å²) in [5.41, 5.74) is 4.65. The molecule has 4 nitrogen and oxygen atoms in total. The van der Waals surface area contributed by atoms with Gasteiger partial charge < -0.3 is 9.74 Å². The van der Waals surface area contributed by atoms with Crippen LogP contribution in [0.4, 0.5) is 0 Å². The van der Waals surface area contributed by atoms with Gasteiger partial charge in [0.25, 0.3) is 0 Å². The zero-order chi connectivity index (χ0) is 24.6. The maximum absolute atomic E-state index is 6.41. The van der Waals surface area contributed by atoms with Gasteiger partial charge in [0, 0.05) is 61.1 Å². The van der Waals surface area contributed by atoms with Gasteiger partial charge in [0.2, 0.25) is 0 Å². The molecule has 0 radical (unpaired) electrons. The molecule has 2 fully saturated rings. The van der Waals surface area contributed by atoms with Gasteiger partial charge in [-0.3, -0.25) is 4.90 Å². The van der Waals surface area contributed by atoms with E-state index in [1.165, 1.54) is 11.1 Å². The van der Waals surface area contributed by atoms with Gasteiger partial charge in [-0.25, -0.2) is 0 Å². The van der Waals surface area contributed by atoms with Gasteiger partial charge in [-0.1, -0.05) is 78.6 Å². The quantitative estimate of drug-likeness (QED) is 0.354. The number of allylic oxidation sites excluding steroid dienone is 1. The van der Waals surface area contributed by atoms with E-state index in [4.69, 9.17) is 28.0 Å². The number of nitrogens with zero attached hydrogens (tertiary/aromatic N) is 3. The number of halogens is 2. The molecule has 1 aliphatic carbocycles. The number of rotatable bonds is 8. The minimum absolute atomic E-state index is 0.383. The topological polar surface area (TPSA) is 28.1 Å². The standard InChI is InChI=1S/C29H37Cl2N3O/c1-22(19-33-13-15-34(16-14-33)20-24-8-4-3-5-9-24)21-35-32-29-23(2)7-6-10-26(29)17-25-11-12-27(30)18-28(25)31/h3-5,8-9,11-12,17-18,22-23H,6-7,10,13-16,19-21H2,1-2H3/b26-17+,32-29?. The molecule has 35 heavy (non-hydrogen) atoms. The highest BCUT2D eigenvalue weighted by molar-refractivity contribution is 6.35. The Hall–Kier alpha value is -1.85. The van der Waals surface area contributed by atoms with E-state index in [1.807, 2.05) is 12.1 Å². The lowest BCUT2D eigenvalue weighted by molar-refractivity contribution is 0.0710. The van der Waals surface area contributed by atoms with Crippen LogP contribution in [-0.2, 0) is 11.4 Å². The maximum atomic E-state index is 6.41. The van der Waals surface area contributed by atoms with E-state index in [2.05, 4.69) is 65.2 Å². The molecular weight excluding hydrogens is 477 g/mol. The highest BCUT2D eigenvalue weighted by Gasteiger charge is 2.23. The molecule has 0 amide bonds. The summed E-state index contributed by atoms with van der Waals surface area (Å²) >= 11 is 12.5. The predicted molar refractivity (Wildman–Crippen MR) is 148 cm³/mol. The van der Waals surface area contributed by atoms with Crippen LogP contribution in [0.5, 0.6) is 0 Å². The summed E-state index contributed by atoms with van der Waals surface area (Å²) in [5, 5.41) is 5.95. The summed E-state index contributed by atoms with van der Waals surface area (Å²) in [6.45, 7) is 11.7. The van der Waals surface area contributed by atoms with Crippen LogP contribution in [0.1, 0.15) is 44.2 Å². The van der Waals surface area contributed by atoms with Gasteiger partial charge in [0.1, 0.15) is 6.61 Å². The molecule has 2 aromatic carbocycles. The number of oxime groups is 1. The van der Waals surface area contributed by atoms with Crippen LogP contribution < -0.4 is 0 Å². The van der Waals surface area contributed by atoms with Crippen molar-refractivity contribution in [2.45, 2.75) is 39.7 Å². The normalized spacial score (nSPS) is 23.0. The zero-order valence-electron chi connectivity index (χ0n) is 20.9. The molecule has 1 saturated carbocycles. The molecule has 1 aliphatic heterocycles. The fourth-order valence-electron chi connectivity index (χ4n) is 4.98. The largest absolute Gasteiger partial charge is 0.395 e. The van der Waals surface area contributed by atoms with E-state index in [0.29, 0.717) is 28.5 Å². The smallest absolute Gasteiger partial charge is 0.120 e. The third kappa shape index (κ3) is 7.82. The first-order valence-corrected chi connectivity index (χ1v) is 13.6. The molecule has 2 atom stereocenters. The first-order chi connectivity index (χ1) is 17.0. The van der Waals surface area contributed by atoms with Crippen molar-refractivity contribution < 1.29 is 4.84 Å². The molecule has 2 aromatic rings. The van der Waals surface area contributed by atoms with E-state index in [-0.39, 0.29) is 0 Å². The second kappa shape index (κ2) is 12.9. The number of hydrogen-bond acceptors (Lipinski definition) is 4. The van der Waals surface area contributed by atoms with Crippen molar-refractivity contribution in [3.8, 4) is 0 Å². The Bertz CT molecular complexity index is 1020. The molecule has 188 valence electrons. The minimum Gasteiger partial charge on any atom is -0.395 e. The lowest BCUT2D eigenvalue weighted by atomic mass is 9.84. The monoisotopic (exact) mass is 513 g/mol. The average molecular weight is 515 g/mol. The third-order valence-corrected chi connectivity index (χ3v) is 7.54. The Balaban J connectivity index is 1.27. The van der Waals surface area contributed by atoms with Crippen molar-refractivity contribution >= 4 is 35.0 Å². The minimum atomic E-state index is 0.383. The average Bonchev–Trinajstić information content (AvgIpc) is 2.84. The summed E-state index contributed by atoms with van der Waals surface area (Å²) in [6.07, 6.45) is 5.43. The number of piperazine rings is 1. The molecule has 2 unspecified atom stereocenters. The lowest BCUT2D eigenvalue weighted by Crippen LogP contribution is -2.47. The van der Waals surface area contributed by atoms with Crippen LogP contribution in [0.15, 0.2) is 59.3 Å². The molecular formula is C29H37Cl2N3O. The molecule has 1 heterocycles. The summed E-state index contributed by atoms with van der Waals surface area (Å²) in [4.78, 5) is 11.0. The van der Waals surface area contributed by atoms with Crippen LogP contribution in [0, 0.1) is 11.8 Å². The fraction of sp³-hybridized carbons (Fsp3) is 0.483. The Morgan fingerprint density at radius 2 is 1.80 bits per heavy atom. The predicted octanol–water partition coefficient (Wildman–Crippen LogP) is 7.02. The van der Waals surface area contributed by atoms with Crippen molar-refractivity contribution in [2.24, 2.45) is 17.0 Å². The highest BCUT2D eigenvalue weighted by atomic mass is 35.5. The maximum Gasteiger partial charge on any atom is 0.120 e. The van der Waals surface area contributed by atoms with Crippen LogP contribution >= 0.6 is 23.2 Å². The molecule has 0 spiro atoms.